The minimum atomic E-state index is -0.452. The number of rotatable bonds is 1. The number of nitrogens with one attached hydrogen (secondary N) is 1. The van der Waals surface area contributed by atoms with Crippen molar-refractivity contribution < 1.29 is 0 Å². The van der Waals surface area contributed by atoms with Crippen LogP contribution in [0.5, 0.6) is 0 Å². The van der Waals surface area contributed by atoms with Gasteiger partial charge in [-0.1, -0.05) is 15.9 Å². The fourth-order valence-electron chi connectivity index (χ4n) is 1.47. The van der Waals surface area contributed by atoms with Crippen molar-refractivity contribution >= 4 is 27.1 Å². The second kappa shape index (κ2) is 3.34. The van der Waals surface area contributed by atoms with Crippen LogP contribution < -0.4 is 11.2 Å². The maximum absolute atomic E-state index is 11.6. The Hall–Kier alpha value is -1.37. The first kappa shape index (κ1) is 10.2. The van der Waals surface area contributed by atoms with E-state index in [1.54, 1.807) is 18.7 Å². The number of aromatic amines is 1. The number of hydrogen-bond acceptors (Lipinski definition) is 3. The van der Waals surface area contributed by atoms with Crippen LogP contribution in [0.2, 0.25) is 0 Å². The number of H-pyrrole nitrogens is 1. The molecule has 6 nitrogen and oxygen atoms in total. The molecule has 0 spiro atoms. The third-order valence-corrected chi connectivity index (χ3v) is 2.85. The van der Waals surface area contributed by atoms with E-state index in [9.17, 15) is 9.59 Å². The van der Waals surface area contributed by atoms with Gasteiger partial charge in [-0.25, -0.2) is 9.78 Å². The zero-order valence-electron chi connectivity index (χ0n) is 8.24. The summed E-state index contributed by atoms with van der Waals surface area (Å²) in [5, 5.41) is 0.534. The summed E-state index contributed by atoms with van der Waals surface area (Å²) in [7, 11) is 3.32. The van der Waals surface area contributed by atoms with E-state index in [0.717, 1.165) is 0 Å². The molecule has 80 valence electrons. The SMILES string of the molecule is Cn1c(CBr)nc2c1c(=O)[nH]c(=O)n2C. The molecule has 0 radical (unpaired) electrons. The molecule has 2 aromatic heterocycles. The first-order chi connectivity index (χ1) is 7.06. The van der Waals surface area contributed by atoms with Gasteiger partial charge in [-0.15, -0.1) is 0 Å². The van der Waals surface area contributed by atoms with Crippen molar-refractivity contribution in [3.63, 3.8) is 0 Å². The molecule has 0 saturated carbocycles. The Balaban J connectivity index is 3.07. The second-order valence-electron chi connectivity index (χ2n) is 3.21. The molecular weight excluding hydrogens is 264 g/mol. The van der Waals surface area contributed by atoms with E-state index < -0.39 is 11.2 Å². The molecule has 0 aliphatic heterocycles. The predicted octanol–water partition coefficient (Wildman–Crippen LogP) is -0.145. The molecule has 15 heavy (non-hydrogen) atoms. The van der Waals surface area contributed by atoms with Gasteiger partial charge in [0, 0.05) is 14.1 Å². The highest BCUT2D eigenvalue weighted by Gasteiger charge is 2.13. The molecule has 2 aromatic rings. The summed E-state index contributed by atoms with van der Waals surface area (Å²) >= 11 is 3.27. The molecule has 0 aromatic carbocycles. The van der Waals surface area contributed by atoms with E-state index in [2.05, 4.69) is 25.9 Å². The number of aromatic nitrogens is 4. The summed E-state index contributed by atoms with van der Waals surface area (Å²) in [6, 6.07) is 0. The number of imidazole rings is 1. The number of aryl methyl sites for hydroxylation is 2. The van der Waals surface area contributed by atoms with Crippen LogP contribution >= 0.6 is 15.9 Å². The third kappa shape index (κ3) is 1.34. The summed E-state index contributed by atoms with van der Waals surface area (Å²) < 4.78 is 2.99. The lowest BCUT2D eigenvalue weighted by molar-refractivity contribution is 0.829. The number of hydrogen-bond donors (Lipinski definition) is 1. The smallest absolute Gasteiger partial charge is 0.325 e. The highest BCUT2D eigenvalue weighted by atomic mass is 79.9. The Kier molecular flexibility index (Phi) is 2.26. The van der Waals surface area contributed by atoms with Crippen LogP contribution in [0.25, 0.3) is 11.2 Å². The number of fused-ring (bicyclic) bond motifs is 1. The molecule has 2 rings (SSSR count). The molecule has 7 heteroatoms. The van der Waals surface area contributed by atoms with E-state index in [0.29, 0.717) is 22.3 Å². The molecule has 1 N–H and O–H groups in total. The summed E-state index contributed by atoms with van der Waals surface area (Å²) in [6.45, 7) is 0. The molecule has 0 atom stereocenters. The molecule has 2 heterocycles. The predicted molar refractivity (Wildman–Crippen MR) is 59.2 cm³/mol. The van der Waals surface area contributed by atoms with Crippen molar-refractivity contribution in [1.82, 2.24) is 19.1 Å². The summed E-state index contributed by atoms with van der Waals surface area (Å²) in [5.41, 5.74) is -0.0470. The van der Waals surface area contributed by atoms with Crippen molar-refractivity contribution in [2.45, 2.75) is 5.33 Å². The van der Waals surface area contributed by atoms with E-state index in [1.165, 1.54) is 4.57 Å². The van der Waals surface area contributed by atoms with Gasteiger partial charge in [-0.2, -0.15) is 0 Å². The highest BCUT2D eigenvalue weighted by molar-refractivity contribution is 9.08. The molecule has 0 bridgehead atoms. The maximum atomic E-state index is 11.6. The first-order valence-corrected chi connectivity index (χ1v) is 5.39. The van der Waals surface area contributed by atoms with Gasteiger partial charge in [0.15, 0.2) is 11.2 Å². The normalized spacial score (nSPS) is 11.1. The van der Waals surface area contributed by atoms with Gasteiger partial charge in [0.1, 0.15) is 5.82 Å². The zero-order chi connectivity index (χ0) is 11.2. The van der Waals surface area contributed by atoms with Crippen LogP contribution in [0.3, 0.4) is 0 Å². The Labute approximate surface area is 92.7 Å². The first-order valence-electron chi connectivity index (χ1n) is 4.27. The lowest BCUT2D eigenvalue weighted by Gasteiger charge is -1.98. The van der Waals surface area contributed by atoms with Crippen LogP contribution in [-0.4, -0.2) is 19.1 Å². The lowest BCUT2D eigenvalue weighted by Crippen LogP contribution is -2.29. The van der Waals surface area contributed by atoms with Crippen molar-refractivity contribution in [3.8, 4) is 0 Å². The molecule has 0 aliphatic rings. The molecule has 0 amide bonds. The quantitative estimate of drug-likeness (QED) is 0.735. The van der Waals surface area contributed by atoms with Gasteiger partial charge in [-0.3, -0.25) is 14.3 Å². The van der Waals surface area contributed by atoms with E-state index in [1.807, 2.05) is 0 Å². The van der Waals surface area contributed by atoms with Crippen LogP contribution in [-0.2, 0) is 19.4 Å². The molecule has 0 unspecified atom stereocenters. The van der Waals surface area contributed by atoms with Crippen molar-refractivity contribution in [2.75, 3.05) is 0 Å². The van der Waals surface area contributed by atoms with Crippen LogP contribution in [0, 0.1) is 0 Å². The van der Waals surface area contributed by atoms with Crippen molar-refractivity contribution in [1.29, 1.82) is 0 Å². The van der Waals surface area contributed by atoms with Gasteiger partial charge in [0.25, 0.3) is 5.56 Å². The fourth-order valence-corrected chi connectivity index (χ4v) is 1.97. The van der Waals surface area contributed by atoms with Crippen molar-refractivity contribution in [2.24, 2.45) is 14.1 Å². The Morgan fingerprint density at radius 3 is 2.60 bits per heavy atom. The Morgan fingerprint density at radius 2 is 2.00 bits per heavy atom. The van der Waals surface area contributed by atoms with E-state index in [-0.39, 0.29) is 0 Å². The van der Waals surface area contributed by atoms with Crippen LogP contribution in [0.1, 0.15) is 5.82 Å². The van der Waals surface area contributed by atoms with Gasteiger partial charge in [-0.05, 0) is 0 Å². The zero-order valence-corrected chi connectivity index (χ0v) is 9.83. The van der Waals surface area contributed by atoms with E-state index in [4.69, 9.17) is 0 Å². The average molecular weight is 273 g/mol. The largest absolute Gasteiger partial charge is 0.329 e. The summed E-state index contributed by atoms with van der Waals surface area (Å²) in [6.07, 6.45) is 0. The molecular formula is C8H9BrN4O2. The molecule has 0 saturated heterocycles. The topological polar surface area (TPSA) is 72.7 Å². The third-order valence-electron chi connectivity index (χ3n) is 2.35. The fraction of sp³-hybridized carbons (Fsp3) is 0.375. The van der Waals surface area contributed by atoms with Crippen molar-refractivity contribution in [3.05, 3.63) is 26.7 Å². The van der Waals surface area contributed by atoms with E-state index >= 15 is 0 Å². The minimum Gasteiger partial charge on any atom is -0.325 e. The molecule has 0 aliphatic carbocycles. The summed E-state index contributed by atoms with van der Waals surface area (Å²) in [4.78, 5) is 29.3. The standard InChI is InChI=1S/C8H9BrN4O2/c1-12-4(3-9)10-6-5(12)7(14)11-8(15)13(6)2/h3H2,1-2H3,(H,11,14,15). The number of nitrogens with zero attached hydrogens (tertiary/aromatic N) is 3. The minimum absolute atomic E-state index is 0.403. The maximum Gasteiger partial charge on any atom is 0.329 e. The van der Waals surface area contributed by atoms with Crippen LogP contribution in [0.4, 0.5) is 0 Å². The Bertz CT molecular complexity index is 636. The Morgan fingerprint density at radius 1 is 1.33 bits per heavy atom. The van der Waals surface area contributed by atoms with Gasteiger partial charge >= 0.3 is 5.69 Å². The van der Waals surface area contributed by atoms with Gasteiger partial charge in [0.05, 0.1) is 5.33 Å². The second-order valence-corrected chi connectivity index (χ2v) is 3.77. The van der Waals surface area contributed by atoms with Gasteiger partial charge in [0.2, 0.25) is 0 Å². The average Bonchev–Trinajstić information content (AvgIpc) is 2.53. The van der Waals surface area contributed by atoms with Crippen LogP contribution in [0.15, 0.2) is 9.59 Å². The molecule has 0 fully saturated rings. The highest BCUT2D eigenvalue weighted by Crippen LogP contribution is 2.10. The lowest BCUT2D eigenvalue weighted by atomic mass is 10.5. The summed E-state index contributed by atoms with van der Waals surface area (Å²) in [5.74, 6) is 0.705. The monoisotopic (exact) mass is 272 g/mol. The van der Waals surface area contributed by atoms with Gasteiger partial charge < -0.3 is 4.57 Å². The number of alkyl halides is 1. The number of halogens is 1.